The van der Waals surface area contributed by atoms with E-state index in [-0.39, 0.29) is 17.1 Å². The molecule has 0 unspecified atom stereocenters. The summed E-state index contributed by atoms with van der Waals surface area (Å²) in [7, 11) is -3.83. The number of benzene rings is 1. The van der Waals surface area contributed by atoms with Crippen molar-refractivity contribution in [2.45, 2.75) is 18.4 Å². The lowest BCUT2D eigenvalue weighted by atomic mass is 10.2. The fourth-order valence-electron chi connectivity index (χ4n) is 1.62. The zero-order valence-corrected chi connectivity index (χ0v) is 11.3. The van der Waals surface area contributed by atoms with Gasteiger partial charge in [0.1, 0.15) is 0 Å². The average Bonchev–Trinajstić information content (AvgIpc) is 2.89. The van der Waals surface area contributed by atoms with Crippen LogP contribution in [0.3, 0.4) is 0 Å². The Balaban J connectivity index is 2.28. The lowest BCUT2D eigenvalue weighted by Crippen LogP contribution is -2.24. The van der Waals surface area contributed by atoms with Crippen molar-refractivity contribution in [2.75, 3.05) is 0 Å². The molecule has 2 N–H and O–H groups in total. The minimum absolute atomic E-state index is 0.0322. The van der Waals surface area contributed by atoms with Gasteiger partial charge in [-0.15, -0.1) is 0 Å². The summed E-state index contributed by atoms with van der Waals surface area (Å²) < 4.78 is 26.7. The SMILES string of the molecule is Cc1ccc([N+](=O)[O-])cc1S(=O)(=O)NCc1cnc[nH]1. The number of nitro benzene ring substituents is 1. The van der Waals surface area contributed by atoms with Crippen LogP contribution in [0, 0.1) is 17.0 Å². The van der Waals surface area contributed by atoms with Crippen LogP contribution >= 0.6 is 0 Å². The van der Waals surface area contributed by atoms with E-state index in [1.54, 1.807) is 6.92 Å². The molecule has 0 aliphatic carbocycles. The third-order valence-electron chi connectivity index (χ3n) is 2.68. The van der Waals surface area contributed by atoms with E-state index in [0.717, 1.165) is 6.07 Å². The van der Waals surface area contributed by atoms with Crippen molar-refractivity contribution in [2.24, 2.45) is 0 Å². The number of non-ortho nitro benzene ring substituents is 1. The molecule has 0 amide bonds. The zero-order valence-electron chi connectivity index (χ0n) is 10.5. The van der Waals surface area contributed by atoms with Crippen LogP contribution in [-0.2, 0) is 16.6 Å². The summed E-state index contributed by atoms with van der Waals surface area (Å²) in [5.41, 5.74) is 0.766. The normalized spacial score (nSPS) is 11.4. The van der Waals surface area contributed by atoms with Crippen molar-refractivity contribution >= 4 is 15.7 Å². The standard InChI is InChI=1S/C11H12N4O4S/c1-8-2-3-10(15(16)17)4-11(8)20(18,19)14-6-9-5-12-7-13-9/h2-5,7,14H,6H2,1H3,(H,12,13). The quantitative estimate of drug-likeness (QED) is 0.632. The monoisotopic (exact) mass is 296 g/mol. The fraction of sp³-hybridized carbons (Fsp3) is 0.182. The molecule has 1 aromatic heterocycles. The van der Waals surface area contributed by atoms with Crippen LogP contribution in [0.25, 0.3) is 0 Å². The molecule has 2 rings (SSSR count). The van der Waals surface area contributed by atoms with Gasteiger partial charge in [0.25, 0.3) is 5.69 Å². The number of rotatable bonds is 5. The van der Waals surface area contributed by atoms with Crippen molar-refractivity contribution < 1.29 is 13.3 Å². The zero-order chi connectivity index (χ0) is 14.8. The summed E-state index contributed by atoms with van der Waals surface area (Å²) in [6.45, 7) is 1.61. The Morgan fingerprint density at radius 1 is 1.45 bits per heavy atom. The molecule has 0 aliphatic rings. The predicted octanol–water partition coefficient (Wildman–Crippen LogP) is 1.10. The molecular formula is C11H12N4O4S. The highest BCUT2D eigenvalue weighted by molar-refractivity contribution is 7.89. The molecule has 0 aliphatic heterocycles. The Morgan fingerprint density at radius 2 is 2.20 bits per heavy atom. The van der Waals surface area contributed by atoms with Crippen LogP contribution in [0.4, 0.5) is 5.69 Å². The Bertz CT molecular complexity index is 725. The van der Waals surface area contributed by atoms with Gasteiger partial charge in [0.2, 0.25) is 10.0 Å². The third-order valence-corrected chi connectivity index (χ3v) is 4.22. The van der Waals surface area contributed by atoms with E-state index < -0.39 is 14.9 Å². The molecule has 1 heterocycles. The molecule has 0 fully saturated rings. The van der Waals surface area contributed by atoms with Gasteiger partial charge in [-0.05, 0) is 12.5 Å². The first-order chi connectivity index (χ1) is 9.40. The van der Waals surface area contributed by atoms with Crippen LogP contribution in [0.5, 0.6) is 0 Å². The Morgan fingerprint density at radius 3 is 2.80 bits per heavy atom. The summed E-state index contributed by atoms with van der Waals surface area (Å²) in [6.07, 6.45) is 2.92. The van der Waals surface area contributed by atoms with E-state index in [0.29, 0.717) is 11.3 Å². The van der Waals surface area contributed by atoms with Crippen LogP contribution in [0.1, 0.15) is 11.3 Å². The second kappa shape index (κ2) is 5.39. The topological polar surface area (TPSA) is 118 Å². The van der Waals surface area contributed by atoms with E-state index in [9.17, 15) is 18.5 Å². The number of aromatic amines is 1. The van der Waals surface area contributed by atoms with Gasteiger partial charge in [0.05, 0.1) is 22.7 Å². The average molecular weight is 296 g/mol. The number of hydrogen-bond acceptors (Lipinski definition) is 5. The highest BCUT2D eigenvalue weighted by Gasteiger charge is 2.20. The molecule has 20 heavy (non-hydrogen) atoms. The first-order valence-electron chi connectivity index (χ1n) is 5.62. The molecule has 0 saturated carbocycles. The number of imidazole rings is 1. The Labute approximate surface area is 115 Å². The Hall–Kier alpha value is -2.26. The van der Waals surface area contributed by atoms with Gasteiger partial charge in [-0.2, -0.15) is 0 Å². The first kappa shape index (κ1) is 14.2. The summed E-state index contributed by atoms with van der Waals surface area (Å²) in [5.74, 6) is 0. The van der Waals surface area contributed by atoms with Crippen LogP contribution in [0.2, 0.25) is 0 Å². The molecule has 106 valence electrons. The number of nitrogens with one attached hydrogen (secondary N) is 2. The summed E-state index contributed by atoms with van der Waals surface area (Å²) in [4.78, 5) is 16.5. The van der Waals surface area contributed by atoms with Gasteiger partial charge in [-0.1, -0.05) is 6.07 Å². The highest BCUT2D eigenvalue weighted by atomic mass is 32.2. The van der Waals surface area contributed by atoms with Gasteiger partial charge >= 0.3 is 0 Å². The summed E-state index contributed by atoms with van der Waals surface area (Å²) in [6, 6.07) is 3.72. The lowest BCUT2D eigenvalue weighted by Gasteiger charge is -2.08. The molecule has 0 saturated heterocycles. The summed E-state index contributed by atoms with van der Waals surface area (Å²) in [5, 5.41) is 10.7. The van der Waals surface area contributed by atoms with Gasteiger partial charge in [-0.3, -0.25) is 10.1 Å². The number of nitrogens with zero attached hydrogens (tertiary/aromatic N) is 2. The largest absolute Gasteiger partial charge is 0.347 e. The number of H-pyrrole nitrogens is 1. The van der Waals surface area contributed by atoms with Gasteiger partial charge in [0.15, 0.2) is 0 Å². The number of nitro groups is 1. The lowest BCUT2D eigenvalue weighted by molar-refractivity contribution is -0.385. The molecular weight excluding hydrogens is 284 g/mol. The van der Waals surface area contributed by atoms with Crippen molar-refractivity contribution in [3.05, 3.63) is 52.1 Å². The van der Waals surface area contributed by atoms with Crippen LogP contribution in [-0.4, -0.2) is 23.3 Å². The Kier molecular flexibility index (Phi) is 3.81. The maximum atomic E-state index is 12.2. The minimum atomic E-state index is -3.83. The maximum absolute atomic E-state index is 12.2. The smallest absolute Gasteiger partial charge is 0.270 e. The molecule has 8 nitrogen and oxygen atoms in total. The number of aromatic nitrogens is 2. The van der Waals surface area contributed by atoms with Crippen molar-refractivity contribution in [3.8, 4) is 0 Å². The number of aryl methyl sites for hydroxylation is 1. The highest BCUT2D eigenvalue weighted by Crippen LogP contribution is 2.21. The first-order valence-corrected chi connectivity index (χ1v) is 7.10. The van der Waals surface area contributed by atoms with E-state index in [1.165, 1.54) is 24.7 Å². The predicted molar refractivity (Wildman–Crippen MR) is 70.4 cm³/mol. The molecule has 1 aromatic carbocycles. The van der Waals surface area contributed by atoms with E-state index in [1.807, 2.05) is 0 Å². The van der Waals surface area contributed by atoms with Crippen LogP contribution in [0.15, 0.2) is 35.6 Å². The number of sulfonamides is 1. The van der Waals surface area contributed by atoms with E-state index in [4.69, 9.17) is 0 Å². The van der Waals surface area contributed by atoms with E-state index in [2.05, 4.69) is 14.7 Å². The molecule has 2 aromatic rings. The molecule has 0 spiro atoms. The molecule has 0 atom stereocenters. The van der Waals surface area contributed by atoms with Crippen molar-refractivity contribution in [3.63, 3.8) is 0 Å². The molecule has 0 radical (unpaired) electrons. The molecule has 0 bridgehead atoms. The third kappa shape index (κ3) is 3.00. The van der Waals surface area contributed by atoms with E-state index >= 15 is 0 Å². The van der Waals surface area contributed by atoms with Crippen molar-refractivity contribution in [1.29, 1.82) is 0 Å². The van der Waals surface area contributed by atoms with Gasteiger partial charge < -0.3 is 4.98 Å². The van der Waals surface area contributed by atoms with Crippen LogP contribution < -0.4 is 4.72 Å². The second-order valence-corrected chi connectivity index (χ2v) is 5.84. The second-order valence-electron chi connectivity index (χ2n) is 4.11. The summed E-state index contributed by atoms with van der Waals surface area (Å²) >= 11 is 0. The van der Waals surface area contributed by atoms with Gasteiger partial charge in [-0.25, -0.2) is 18.1 Å². The number of hydrogen-bond donors (Lipinski definition) is 2. The van der Waals surface area contributed by atoms with Crippen molar-refractivity contribution in [1.82, 2.24) is 14.7 Å². The molecule has 9 heteroatoms. The maximum Gasteiger partial charge on any atom is 0.270 e. The fourth-order valence-corrected chi connectivity index (χ4v) is 2.89. The van der Waals surface area contributed by atoms with Gasteiger partial charge in [0, 0.05) is 24.0 Å². The minimum Gasteiger partial charge on any atom is -0.347 e.